The molecule has 0 saturated carbocycles. The van der Waals surface area contributed by atoms with Crippen molar-refractivity contribution >= 4 is 17.4 Å². The summed E-state index contributed by atoms with van der Waals surface area (Å²) in [5.74, 6) is 0. The van der Waals surface area contributed by atoms with E-state index in [4.69, 9.17) is 0 Å². The molecule has 3 rings (SSSR count). The molecule has 1 aromatic heterocycles. The van der Waals surface area contributed by atoms with Gasteiger partial charge in [0.1, 0.15) is 0 Å². The first-order valence-electron chi connectivity index (χ1n) is 8.02. The van der Waals surface area contributed by atoms with Crippen molar-refractivity contribution in [1.29, 1.82) is 0 Å². The minimum Gasteiger partial charge on any atom is -0.387 e. The number of aliphatic hydroxyl groups is 1. The molecule has 3 aromatic rings. The molecule has 0 aliphatic heterocycles. The molecule has 0 bridgehead atoms. The van der Waals surface area contributed by atoms with Gasteiger partial charge < -0.3 is 10.4 Å². The van der Waals surface area contributed by atoms with Gasteiger partial charge in [0.15, 0.2) is 0 Å². The first-order chi connectivity index (χ1) is 12.3. The van der Waals surface area contributed by atoms with E-state index < -0.39 is 6.10 Å². The maximum Gasteiger partial charge on any atom is 0.326 e. The van der Waals surface area contributed by atoms with Crippen molar-refractivity contribution in [2.75, 3.05) is 11.4 Å². The molecule has 0 aliphatic rings. The predicted molar refractivity (Wildman–Crippen MR) is 97.6 cm³/mol. The third-order valence-electron chi connectivity index (χ3n) is 3.77. The molecule has 2 amide bonds. The molecule has 0 radical (unpaired) electrons. The minimum atomic E-state index is -0.791. The average molecular weight is 333 g/mol. The molecule has 5 nitrogen and oxygen atoms in total. The van der Waals surface area contributed by atoms with E-state index in [0.29, 0.717) is 5.56 Å². The van der Waals surface area contributed by atoms with Crippen molar-refractivity contribution in [1.82, 2.24) is 10.3 Å². The van der Waals surface area contributed by atoms with Crippen LogP contribution in [0.5, 0.6) is 0 Å². The van der Waals surface area contributed by atoms with Gasteiger partial charge in [0.2, 0.25) is 0 Å². The van der Waals surface area contributed by atoms with Gasteiger partial charge in [-0.05, 0) is 42.0 Å². The van der Waals surface area contributed by atoms with Crippen molar-refractivity contribution in [2.24, 2.45) is 0 Å². The fraction of sp³-hybridized carbons (Fsp3) is 0.100. The number of hydrogen-bond donors (Lipinski definition) is 2. The number of para-hydroxylation sites is 2. The summed E-state index contributed by atoms with van der Waals surface area (Å²) in [5.41, 5.74) is 2.22. The van der Waals surface area contributed by atoms with E-state index in [9.17, 15) is 9.90 Å². The first-order valence-corrected chi connectivity index (χ1v) is 8.02. The summed E-state index contributed by atoms with van der Waals surface area (Å²) in [5, 5.41) is 13.0. The number of amides is 2. The summed E-state index contributed by atoms with van der Waals surface area (Å²) < 4.78 is 0. The number of pyridine rings is 1. The summed E-state index contributed by atoms with van der Waals surface area (Å²) in [6.07, 6.45) is 2.43. The van der Waals surface area contributed by atoms with Crippen molar-refractivity contribution in [2.45, 2.75) is 6.10 Å². The van der Waals surface area contributed by atoms with Crippen LogP contribution in [0.4, 0.5) is 16.2 Å². The number of aromatic nitrogens is 1. The molecule has 2 N–H and O–H groups in total. The second-order valence-corrected chi connectivity index (χ2v) is 5.49. The number of rotatable bonds is 5. The lowest BCUT2D eigenvalue weighted by molar-refractivity contribution is 0.174. The molecule has 126 valence electrons. The van der Waals surface area contributed by atoms with E-state index in [1.54, 1.807) is 29.4 Å². The topological polar surface area (TPSA) is 65.5 Å². The van der Waals surface area contributed by atoms with E-state index in [0.717, 1.165) is 11.4 Å². The van der Waals surface area contributed by atoms with Crippen LogP contribution in [0.15, 0.2) is 85.2 Å². The Balaban J connectivity index is 1.76. The number of nitrogens with one attached hydrogen (secondary N) is 1. The molecular formula is C20H19N3O2. The molecule has 0 aliphatic carbocycles. The van der Waals surface area contributed by atoms with E-state index in [2.05, 4.69) is 10.3 Å². The van der Waals surface area contributed by atoms with Crippen molar-refractivity contribution in [3.63, 3.8) is 0 Å². The molecule has 0 spiro atoms. The second kappa shape index (κ2) is 8.08. The Bertz CT molecular complexity index is 755. The van der Waals surface area contributed by atoms with Crippen LogP contribution in [0.2, 0.25) is 0 Å². The molecule has 0 saturated heterocycles. The highest BCUT2D eigenvalue weighted by Crippen LogP contribution is 2.25. The van der Waals surface area contributed by atoms with E-state index in [1.807, 2.05) is 60.7 Å². The third kappa shape index (κ3) is 4.22. The predicted octanol–water partition coefficient (Wildman–Crippen LogP) is 3.66. The second-order valence-electron chi connectivity index (χ2n) is 5.49. The Morgan fingerprint density at radius 3 is 1.96 bits per heavy atom. The monoisotopic (exact) mass is 333 g/mol. The van der Waals surface area contributed by atoms with Crippen LogP contribution in [-0.4, -0.2) is 22.7 Å². The number of carbonyl (C=O) groups excluding carboxylic acids is 1. The van der Waals surface area contributed by atoms with Crippen molar-refractivity contribution < 1.29 is 9.90 Å². The lowest BCUT2D eigenvalue weighted by Crippen LogP contribution is -2.39. The largest absolute Gasteiger partial charge is 0.387 e. The van der Waals surface area contributed by atoms with Crippen LogP contribution in [-0.2, 0) is 0 Å². The molecule has 2 aromatic carbocycles. The number of benzene rings is 2. The SMILES string of the molecule is O=C(NC[C@@H](O)c1ccncc1)N(c1ccccc1)c1ccccc1. The molecule has 5 heteroatoms. The van der Waals surface area contributed by atoms with Crippen LogP contribution >= 0.6 is 0 Å². The van der Waals surface area contributed by atoms with Gasteiger partial charge in [0, 0.05) is 18.9 Å². The van der Waals surface area contributed by atoms with E-state index in [-0.39, 0.29) is 12.6 Å². The molecule has 0 fully saturated rings. The number of urea groups is 1. The molecule has 1 atom stereocenters. The highest BCUT2D eigenvalue weighted by Gasteiger charge is 2.18. The average Bonchev–Trinajstić information content (AvgIpc) is 2.69. The Labute approximate surface area is 146 Å². The first kappa shape index (κ1) is 16.7. The van der Waals surface area contributed by atoms with Crippen LogP contribution < -0.4 is 10.2 Å². The third-order valence-corrected chi connectivity index (χ3v) is 3.77. The summed E-state index contributed by atoms with van der Waals surface area (Å²) in [7, 11) is 0. The maximum absolute atomic E-state index is 12.8. The number of carbonyl (C=O) groups is 1. The lowest BCUT2D eigenvalue weighted by Gasteiger charge is -2.24. The Hall–Kier alpha value is -3.18. The smallest absolute Gasteiger partial charge is 0.326 e. The number of anilines is 2. The zero-order valence-electron chi connectivity index (χ0n) is 13.6. The highest BCUT2D eigenvalue weighted by atomic mass is 16.3. The van der Waals surface area contributed by atoms with Gasteiger partial charge in [-0.1, -0.05) is 36.4 Å². The minimum absolute atomic E-state index is 0.110. The van der Waals surface area contributed by atoms with Gasteiger partial charge in [0.05, 0.1) is 17.5 Å². The molecule has 0 unspecified atom stereocenters. The van der Waals surface area contributed by atoms with Crippen LogP contribution in [0.1, 0.15) is 11.7 Å². The number of hydrogen-bond acceptors (Lipinski definition) is 3. The van der Waals surface area contributed by atoms with Gasteiger partial charge in [-0.2, -0.15) is 0 Å². The van der Waals surface area contributed by atoms with E-state index >= 15 is 0 Å². The van der Waals surface area contributed by atoms with Crippen LogP contribution in [0, 0.1) is 0 Å². The summed E-state index contributed by atoms with van der Waals surface area (Å²) >= 11 is 0. The quantitative estimate of drug-likeness (QED) is 0.749. The number of nitrogens with zero attached hydrogens (tertiary/aromatic N) is 2. The zero-order valence-corrected chi connectivity index (χ0v) is 13.6. The maximum atomic E-state index is 12.8. The molecule has 25 heavy (non-hydrogen) atoms. The molecular weight excluding hydrogens is 314 g/mol. The van der Waals surface area contributed by atoms with Gasteiger partial charge in [-0.15, -0.1) is 0 Å². The van der Waals surface area contributed by atoms with Crippen molar-refractivity contribution in [3.05, 3.63) is 90.8 Å². The Morgan fingerprint density at radius 1 is 0.920 bits per heavy atom. The lowest BCUT2D eigenvalue weighted by atomic mass is 10.1. The highest BCUT2D eigenvalue weighted by molar-refractivity contribution is 5.99. The van der Waals surface area contributed by atoms with Crippen molar-refractivity contribution in [3.8, 4) is 0 Å². The van der Waals surface area contributed by atoms with Gasteiger partial charge in [-0.25, -0.2) is 4.79 Å². The number of aliphatic hydroxyl groups excluding tert-OH is 1. The summed E-state index contributed by atoms with van der Waals surface area (Å²) in [6, 6.07) is 21.9. The molecule has 1 heterocycles. The summed E-state index contributed by atoms with van der Waals surface area (Å²) in [4.78, 5) is 18.3. The van der Waals surface area contributed by atoms with Gasteiger partial charge >= 0.3 is 6.03 Å². The summed E-state index contributed by atoms with van der Waals surface area (Å²) in [6.45, 7) is 0.110. The Kier molecular flexibility index (Phi) is 5.39. The fourth-order valence-electron chi connectivity index (χ4n) is 2.50. The Morgan fingerprint density at radius 2 is 1.44 bits per heavy atom. The fourth-order valence-corrected chi connectivity index (χ4v) is 2.50. The van der Waals surface area contributed by atoms with Crippen LogP contribution in [0.25, 0.3) is 0 Å². The van der Waals surface area contributed by atoms with E-state index in [1.165, 1.54) is 0 Å². The van der Waals surface area contributed by atoms with Gasteiger partial charge in [-0.3, -0.25) is 9.88 Å². The van der Waals surface area contributed by atoms with Crippen LogP contribution in [0.3, 0.4) is 0 Å². The normalized spacial score (nSPS) is 11.6. The van der Waals surface area contributed by atoms with Gasteiger partial charge in [0.25, 0.3) is 0 Å². The zero-order chi connectivity index (χ0) is 17.5. The standard InChI is InChI=1S/C20H19N3O2/c24-19(16-11-13-21-14-12-16)15-22-20(25)23(17-7-3-1-4-8-17)18-9-5-2-6-10-18/h1-14,19,24H,15H2,(H,22,25)/t19-/m1/s1.